The normalized spacial score (nSPS) is 14.3. The summed E-state index contributed by atoms with van der Waals surface area (Å²) in [5.41, 5.74) is 0. The van der Waals surface area contributed by atoms with Crippen LogP contribution in [0.25, 0.3) is 0 Å². The van der Waals surface area contributed by atoms with Crippen LogP contribution in [-0.4, -0.2) is 35.3 Å². The van der Waals surface area contributed by atoms with Gasteiger partial charge in [0, 0.05) is 0 Å². The molecule has 0 spiro atoms. The van der Waals surface area contributed by atoms with Gasteiger partial charge in [0.15, 0.2) is 5.78 Å². The number of hydrogen-bond acceptors (Lipinski definition) is 7. The summed E-state index contributed by atoms with van der Waals surface area (Å²) in [6.07, 6.45) is -1.79. The summed E-state index contributed by atoms with van der Waals surface area (Å²) < 4.78 is 13.4. The molecule has 0 unspecified atom stereocenters. The molecule has 0 aromatic carbocycles. The molecule has 7 nitrogen and oxygen atoms in total. The quantitative estimate of drug-likeness (QED) is 0.443. The molecule has 0 aliphatic carbocycles. The molecule has 0 saturated carbocycles. The molecule has 72 valence electrons. The molecule has 0 fully saturated rings. The van der Waals surface area contributed by atoms with E-state index in [2.05, 4.69) is 4.52 Å². The Bertz CT molecular complexity index is 196. The Balaban J connectivity index is 3.79. The molecule has 0 rings (SSSR count). The van der Waals surface area contributed by atoms with Crippen LogP contribution in [0, 0.1) is 0 Å². The Morgan fingerprint density at radius 3 is 2.42 bits per heavy atom. The number of carbonyl (C=O) groups is 1. The van der Waals surface area contributed by atoms with E-state index in [1.54, 1.807) is 0 Å². The van der Waals surface area contributed by atoms with Crippen LogP contribution in [0.3, 0.4) is 0 Å². The van der Waals surface area contributed by atoms with Gasteiger partial charge < -0.3 is 29.1 Å². The second kappa shape index (κ2) is 4.66. The highest BCUT2D eigenvalue weighted by atomic mass is 31.2. The van der Waals surface area contributed by atoms with Crippen molar-refractivity contribution >= 4 is 13.6 Å². The molecule has 0 aliphatic rings. The van der Waals surface area contributed by atoms with E-state index in [1.807, 2.05) is 0 Å². The molecule has 0 heterocycles. The van der Waals surface area contributed by atoms with Gasteiger partial charge in [-0.25, -0.2) is 0 Å². The second-order valence-corrected chi connectivity index (χ2v) is 3.04. The average Bonchev–Trinajstić information content (AvgIpc) is 1.97. The predicted octanol–water partition coefficient (Wildman–Crippen LogP) is -3.25. The summed E-state index contributed by atoms with van der Waals surface area (Å²) in [6, 6.07) is 0. The molecule has 1 atom stereocenters. The molecule has 0 amide bonds. The Morgan fingerprint density at radius 1 is 1.58 bits per heavy atom. The van der Waals surface area contributed by atoms with Crippen molar-refractivity contribution in [1.29, 1.82) is 0 Å². The largest absolute Gasteiger partial charge is 0.790 e. The third kappa shape index (κ3) is 5.36. The fourth-order valence-electron chi connectivity index (χ4n) is 0.360. The summed E-state index contributed by atoms with van der Waals surface area (Å²) >= 11 is 0. The van der Waals surface area contributed by atoms with Crippen molar-refractivity contribution in [1.82, 2.24) is 0 Å². The molecule has 0 aromatic heterocycles. The number of ketones is 1. The van der Waals surface area contributed by atoms with Crippen LogP contribution in [0.5, 0.6) is 0 Å². The third-order valence-electron chi connectivity index (χ3n) is 0.918. The van der Waals surface area contributed by atoms with Crippen molar-refractivity contribution in [3.63, 3.8) is 0 Å². The highest BCUT2D eigenvalue weighted by molar-refractivity contribution is 7.43. The highest BCUT2D eigenvalue weighted by Gasteiger charge is 2.13. The zero-order chi connectivity index (χ0) is 9.78. The Kier molecular flexibility index (Phi) is 4.54. The van der Waals surface area contributed by atoms with E-state index in [1.165, 1.54) is 0 Å². The van der Waals surface area contributed by atoms with E-state index in [0.717, 1.165) is 0 Å². The lowest BCUT2D eigenvalue weighted by atomic mass is 10.3. The molecule has 0 saturated heterocycles. The first-order valence-corrected chi connectivity index (χ1v) is 4.31. The molecule has 0 aromatic rings. The van der Waals surface area contributed by atoms with Gasteiger partial charge in [-0.2, -0.15) is 0 Å². The summed E-state index contributed by atoms with van der Waals surface area (Å²) in [6.45, 7) is -1.89. The van der Waals surface area contributed by atoms with E-state index >= 15 is 0 Å². The molecule has 8 heteroatoms. The van der Waals surface area contributed by atoms with E-state index in [-0.39, 0.29) is 0 Å². The monoisotopic (exact) mass is 198 g/mol. The number of aliphatic hydroxyl groups excluding tert-OH is 2. The lowest BCUT2D eigenvalue weighted by molar-refractivity contribution is -0.342. The average molecular weight is 198 g/mol. The molecule has 0 radical (unpaired) electrons. The number of Topliss-reactive ketones (excluding diaryl/α,β-unsaturated/α-hetero) is 1. The third-order valence-corrected chi connectivity index (χ3v) is 1.38. The predicted molar refractivity (Wildman–Crippen MR) is 31.7 cm³/mol. The zero-order valence-electron chi connectivity index (χ0n) is 5.87. The van der Waals surface area contributed by atoms with Gasteiger partial charge in [-0.3, -0.25) is 4.79 Å². The summed E-state index contributed by atoms with van der Waals surface area (Å²) in [7, 11) is -5.16. The van der Waals surface area contributed by atoms with Gasteiger partial charge in [-0.15, -0.1) is 0 Å². The summed E-state index contributed by atoms with van der Waals surface area (Å²) in [4.78, 5) is 30.0. The smallest absolute Gasteiger partial charge is 0.188 e. The van der Waals surface area contributed by atoms with Crippen LogP contribution >= 0.6 is 7.82 Å². The van der Waals surface area contributed by atoms with Crippen molar-refractivity contribution in [2.45, 2.75) is 6.10 Å². The van der Waals surface area contributed by atoms with Crippen molar-refractivity contribution < 1.29 is 33.9 Å². The van der Waals surface area contributed by atoms with Crippen LogP contribution in [0.4, 0.5) is 0 Å². The van der Waals surface area contributed by atoms with Crippen LogP contribution in [-0.2, 0) is 13.9 Å². The second-order valence-electron chi connectivity index (χ2n) is 1.88. The summed E-state index contributed by atoms with van der Waals surface area (Å²) in [5, 5.41) is 16.8. The standard InChI is InChI=1S/C4H9O7P/c5-1-3(6)4(7)2-11-12(8,9)10/h4-5,7H,1-2H2,(H2,8,9,10)/p-2/t4-/m1/s1. The molecular weight excluding hydrogens is 191 g/mol. The Hall–Kier alpha value is -0.300. The minimum absolute atomic E-state index is 0.938. The summed E-state index contributed by atoms with van der Waals surface area (Å²) in [5.74, 6) is -1.01. The fraction of sp³-hybridized carbons (Fsp3) is 0.750. The maximum atomic E-state index is 10.4. The van der Waals surface area contributed by atoms with Gasteiger partial charge in [0.1, 0.15) is 12.7 Å². The SMILES string of the molecule is O=C(CO)[C@H](O)COP(=O)([O-])[O-]. The van der Waals surface area contributed by atoms with E-state index in [9.17, 15) is 19.1 Å². The first-order valence-electron chi connectivity index (χ1n) is 2.85. The van der Waals surface area contributed by atoms with Gasteiger partial charge in [-0.1, -0.05) is 0 Å². The maximum absolute atomic E-state index is 10.4. The van der Waals surface area contributed by atoms with Crippen molar-refractivity contribution in [2.24, 2.45) is 0 Å². The Morgan fingerprint density at radius 2 is 2.08 bits per heavy atom. The number of phosphoric ester groups is 1. The van der Waals surface area contributed by atoms with Gasteiger partial charge in [-0.05, 0) is 0 Å². The minimum Gasteiger partial charge on any atom is -0.790 e. The van der Waals surface area contributed by atoms with E-state index in [4.69, 9.17) is 10.2 Å². The maximum Gasteiger partial charge on any atom is 0.188 e. The van der Waals surface area contributed by atoms with Crippen LogP contribution in [0.15, 0.2) is 0 Å². The van der Waals surface area contributed by atoms with Crippen molar-refractivity contribution in [2.75, 3.05) is 13.2 Å². The van der Waals surface area contributed by atoms with Crippen molar-refractivity contribution in [3.05, 3.63) is 0 Å². The van der Waals surface area contributed by atoms with Crippen LogP contribution < -0.4 is 9.79 Å². The number of carbonyl (C=O) groups excluding carboxylic acids is 1. The number of aliphatic hydroxyl groups is 2. The van der Waals surface area contributed by atoms with Gasteiger partial charge in [0.05, 0.1) is 14.4 Å². The van der Waals surface area contributed by atoms with Crippen LogP contribution in [0.2, 0.25) is 0 Å². The topological polar surface area (TPSA) is 130 Å². The minimum atomic E-state index is -5.16. The highest BCUT2D eigenvalue weighted by Crippen LogP contribution is 2.24. The van der Waals surface area contributed by atoms with E-state index < -0.39 is 32.9 Å². The number of phosphoric acid groups is 1. The van der Waals surface area contributed by atoms with Gasteiger partial charge in [0.25, 0.3) is 0 Å². The number of hydrogen-bond donors (Lipinski definition) is 2. The first kappa shape index (κ1) is 11.7. The van der Waals surface area contributed by atoms with Gasteiger partial charge in [0.2, 0.25) is 0 Å². The van der Waals surface area contributed by atoms with Crippen LogP contribution in [0.1, 0.15) is 0 Å². The zero-order valence-corrected chi connectivity index (χ0v) is 6.77. The Labute approximate surface area is 67.8 Å². The van der Waals surface area contributed by atoms with Crippen molar-refractivity contribution in [3.8, 4) is 0 Å². The van der Waals surface area contributed by atoms with E-state index in [0.29, 0.717) is 0 Å². The first-order chi connectivity index (χ1) is 5.37. The molecular formula is C4H7O7P-2. The molecule has 0 bridgehead atoms. The van der Waals surface area contributed by atoms with Gasteiger partial charge >= 0.3 is 0 Å². The lowest BCUT2D eigenvalue weighted by Gasteiger charge is -2.29. The molecule has 2 N–H and O–H groups in total. The number of rotatable bonds is 5. The fourth-order valence-corrected chi connectivity index (χ4v) is 0.684. The lowest BCUT2D eigenvalue weighted by Crippen LogP contribution is -2.30. The molecule has 12 heavy (non-hydrogen) atoms. The molecule has 0 aliphatic heterocycles.